The van der Waals surface area contributed by atoms with Gasteiger partial charge in [-0.15, -0.1) is 0 Å². The number of aromatic hydroxyl groups is 1. The molecule has 46 heavy (non-hydrogen) atoms. The fraction of sp³-hybridized carbons (Fsp3) is 0.353. The number of para-hydroxylation sites is 1. The first-order valence-corrected chi connectivity index (χ1v) is 15.3. The second-order valence-corrected chi connectivity index (χ2v) is 11.7. The van der Waals surface area contributed by atoms with Gasteiger partial charge in [-0.05, 0) is 34.9 Å². The van der Waals surface area contributed by atoms with Crippen LogP contribution in [0.3, 0.4) is 0 Å². The van der Waals surface area contributed by atoms with Crippen LogP contribution in [0.5, 0.6) is 11.5 Å². The minimum Gasteiger partial charge on any atom is -0.508 e. The smallest absolute Gasteiger partial charge is 0.318 e. The number of nitrogens with one attached hydrogen (secondary N) is 4. The summed E-state index contributed by atoms with van der Waals surface area (Å²) in [5.74, 6) is -0.630. The molecule has 5 rings (SSSR count). The van der Waals surface area contributed by atoms with Gasteiger partial charge in [0.2, 0.25) is 11.8 Å². The number of fused-ring (bicyclic) bond motifs is 1. The molecule has 0 aromatic heterocycles. The lowest BCUT2D eigenvalue weighted by molar-refractivity contribution is -0.132. The van der Waals surface area contributed by atoms with E-state index in [0.29, 0.717) is 13.0 Å². The van der Waals surface area contributed by atoms with Crippen molar-refractivity contribution in [3.05, 3.63) is 95.1 Å². The van der Waals surface area contributed by atoms with Crippen LogP contribution in [0.4, 0.5) is 4.79 Å². The fourth-order valence-corrected chi connectivity index (χ4v) is 6.37. The first kappa shape index (κ1) is 32.1. The molecule has 2 aliphatic rings. The van der Waals surface area contributed by atoms with Gasteiger partial charge < -0.3 is 41.3 Å². The first-order chi connectivity index (χ1) is 22.2. The molecule has 2 heterocycles. The van der Waals surface area contributed by atoms with E-state index in [2.05, 4.69) is 16.0 Å². The van der Waals surface area contributed by atoms with E-state index in [1.165, 1.54) is 0 Å². The van der Waals surface area contributed by atoms with E-state index in [1.54, 1.807) is 48.2 Å². The quantitative estimate of drug-likeness (QED) is 0.156. The molecule has 3 aromatic rings. The number of likely N-dealkylation sites (tertiary alicyclic amines) is 1. The Labute approximate surface area is 268 Å². The maximum Gasteiger partial charge on any atom is 0.318 e. The monoisotopic (exact) mass is 627 g/mol. The van der Waals surface area contributed by atoms with Gasteiger partial charge in [-0.1, -0.05) is 54.6 Å². The molecule has 4 amide bonds. The van der Waals surface area contributed by atoms with Crippen molar-refractivity contribution in [3.8, 4) is 11.5 Å². The number of phenolic OH excluding ortho intramolecular Hbond substituents is 1. The van der Waals surface area contributed by atoms with Gasteiger partial charge in [0.1, 0.15) is 17.5 Å². The van der Waals surface area contributed by atoms with Crippen molar-refractivity contribution in [3.63, 3.8) is 0 Å². The van der Waals surface area contributed by atoms with Crippen LogP contribution in [-0.2, 0) is 22.6 Å². The number of nitrogens with zero attached hydrogens (tertiary/aromatic N) is 2. The van der Waals surface area contributed by atoms with Gasteiger partial charge in [0.05, 0.1) is 18.6 Å². The van der Waals surface area contributed by atoms with Crippen molar-refractivity contribution in [2.75, 3.05) is 33.8 Å². The number of urea groups is 1. The number of carbonyl (C=O) groups is 3. The van der Waals surface area contributed by atoms with E-state index in [9.17, 15) is 19.5 Å². The number of hydrogen-bond donors (Lipinski definition) is 6. The number of phenols is 1. The standard InChI is InChI=1S/C34H41N7O5/c1-37-31(43)27-20-41(19-26(27)21-11-13-24(42)14-12-21)32(44)28(17-22-7-3-4-8-23(22)18-38-33(35)36)39-34(45)40(2)29-15-16-46-30-10-6-5-9-25(29)30/h3-14,26-29,42H,15-20H2,1-2H3,(H,37,43)(H,39,45)(H4,35,36,38)/t26-,27+,28-,29-/m0/s1. The minimum absolute atomic E-state index is 0.114. The maximum atomic E-state index is 14.4. The highest BCUT2D eigenvalue weighted by atomic mass is 16.5. The molecule has 0 radical (unpaired) electrons. The molecule has 4 atom stereocenters. The molecular formula is C34H41N7O5. The topological polar surface area (TPSA) is 173 Å². The molecule has 0 bridgehead atoms. The first-order valence-electron chi connectivity index (χ1n) is 15.3. The second kappa shape index (κ2) is 14.2. The van der Waals surface area contributed by atoms with Crippen molar-refractivity contribution in [2.24, 2.45) is 11.7 Å². The Bertz CT molecular complexity index is 1580. The average molecular weight is 628 g/mol. The second-order valence-electron chi connectivity index (χ2n) is 11.7. The average Bonchev–Trinajstić information content (AvgIpc) is 3.52. The number of ether oxygens (including phenoxy) is 1. The lowest BCUT2D eigenvalue weighted by Gasteiger charge is -2.34. The van der Waals surface area contributed by atoms with Crippen molar-refractivity contribution < 1.29 is 24.2 Å². The van der Waals surface area contributed by atoms with Gasteiger partial charge in [-0.3, -0.25) is 15.0 Å². The van der Waals surface area contributed by atoms with Gasteiger partial charge in [0.15, 0.2) is 5.96 Å². The Morgan fingerprint density at radius 3 is 2.46 bits per heavy atom. The summed E-state index contributed by atoms with van der Waals surface area (Å²) in [6.45, 7) is 1.19. The molecule has 12 nitrogen and oxygen atoms in total. The number of amides is 4. The summed E-state index contributed by atoms with van der Waals surface area (Å²) in [5.41, 5.74) is 8.92. The van der Waals surface area contributed by atoms with E-state index in [-0.39, 0.29) is 61.5 Å². The van der Waals surface area contributed by atoms with Gasteiger partial charge in [0.25, 0.3) is 0 Å². The molecule has 12 heteroatoms. The number of rotatable bonds is 9. The molecule has 0 unspecified atom stereocenters. The zero-order chi connectivity index (χ0) is 32.8. The molecular weight excluding hydrogens is 586 g/mol. The number of guanidine groups is 1. The fourth-order valence-electron chi connectivity index (χ4n) is 6.37. The predicted octanol–water partition coefficient (Wildman–Crippen LogP) is 2.44. The summed E-state index contributed by atoms with van der Waals surface area (Å²) in [6.07, 6.45) is 0.789. The van der Waals surface area contributed by atoms with Crippen molar-refractivity contribution in [1.29, 1.82) is 5.41 Å². The molecule has 0 spiro atoms. The van der Waals surface area contributed by atoms with Crippen LogP contribution in [0.1, 0.15) is 40.6 Å². The largest absolute Gasteiger partial charge is 0.508 e. The van der Waals surface area contributed by atoms with E-state index >= 15 is 0 Å². The third-order valence-electron chi connectivity index (χ3n) is 8.86. The Balaban J connectivity index is 1.43. The summed E-state index contributed by atoms with van der Waals surface area (Å²) >= 11 is 0. The molecule has 1 saturated heterocycles. The van der Waals surface area contributed by atoms with Crippen LogP contribution in [0.15, 0.2) is 72.8 Å². The van der Waals surface area contributed by atoms with Gasteiger partial charge >= 0.3 is 6.03 Å². The maximum absolute atomic E-state index is 14.4. The van der Waals surface area contributed by atoms with Crippen LogP contribution in [0.25, 0.3) is 0 Å². The van der Waals surface area contributed by atoms with E-state index < -0.39 is 18.0 Å². The summed E-state index contributed by atoms with van der Waals surface area (Å²) in [5, 5.41) is 26.0. The molecule has 7 N–H and O–H groups in total. The highest BCUT2D eigenvalue weighted by molar-refractivity contribution is 5.89. The highest BCUT2D eigenvalue weighted by Gasteiger charge is 2.42. The normalized spacial score (nSPS) is 19.3. The Hall–Kier alpha value is -5.26. The molecule has 0 aliphatic carbocycles. The Morgan fingerprint density at radius 1 is 1.04 bits per heavy atom. The third kappa shape index (κ3) is 7.17. The third-order valence-corrected chi connectivity index (χ3v) is 8.86. The Morgan fingerprint density at radius 2 is 1.74 bits per heavy atom. The van der Waals surface area contributed by atoms with Gasteiger partial charge in [-0.25, -0.2) is 4.79 Å². The van der Waals surface area contributed by atoms with Gasteiger partial charge in [0, 0.05) is 58.1 Å². The lowest BCUT2D eigenvalue weighted by atomic mass is 9.88. The zero-order valence-corrected chi connectivity index (χ0v) is 26.0. The van der Waals surface area contributed by atoms with E-state index in [4.69, 9.17) is 15.9 Å². The van der Waals surface area contributed by atoms with Crippen molar-refractivity contribution in [2.45, 2.75) is 37.4 Å². The lowest BCUT2D eigenvalue weighted by Crippen LogP contribution is -2.53. The molecule has 3 aromatic carbocycles. The van der Waals surface area contributed by atoms with Gasteiger partial charge in [-0.2, -0.15) is 0 Å². The zero-order valence-electron chi connectivity index (χ0n) is 26.0. The SMILES string of the molecule is CNC(=O)[C@@H]1CN(C(=O)[C@H](Cc2ccccc2CNC(=N)N)NC(=O)N(C)[C@H]2CCOc3ccccc32)C[C@H]1c1ccc(O)cc1. The summed E-state index contributed by atoms with van der Waals surface area (Å²) in [6, 6.07) is 20.2. The van der Waals surface area contributed by atoms with Crippen LogP contribution >= 0.6 is 0 Å². The number of benzene rings is 3. The van der Waals surface area contributed by atoms with Crippen molar-refractivity contribution >= 4 is 23.8 Å². The van der Waals surface area contributed by atoms with Crippen LogP contribution in [0, 0.1) is 11.3 Å². The summed E-state index contributed by atoms with van der Waals surface area (Å²) in [7, 11) is 3.28. The van der Waals surface area contributed by atoms with Crippen LogP contribution < -0.4 is 26.4 Å². The molecule has 0 saturated carbocycles. The van der Waals surface area contributed by atoms with E-state index in [0.717, 1.165) is 28.0 Å². The van der Waals surface area contributed by atoms with E-state index in [1.807, 2.05) is 48.5 Å². The summed E-state index contributed by atoms with van der Waals surface area (Å²) < 4.78 is 5.80. The number of carbonyl (C=O) groups excluding carboxylic acids is 3. The van der Waals surface area contributed by atoms with Crippen LogP contribution in [-0.4, -0.2) is 78.5 Å². The Kier molecular flexibility index (Phi) is 9.94. The highest BCUT2D eigenvalue weighted by Crippen LogP contribution is 2.36. The van der Waals surface area contributed by atoms with Crippen molar-refractivity contribution in [1.82, 2.24) is 25.8 Å². The number of nitrogens with two attached hydrogens (primary N) is 1. The minimum atomic E-state index is -0.951. The number of hydrogen-bond acceptors (Lipinski definition) is 6. The molecule has 2 aliphatic heterocycles. The predicted molar refractivity (Wildman–Crippen MR) is 173 cm³/mol. The van der Waals surface area contributed by atoms with Crippen LogP contribution in [0.2, 0.25) is 0 Å². The molecule has 1 fully saturated rings. The summed E-state index contributed by atoms with van der Waals surface area (Å²) in [4.78, 5) is 44.5. The molecule has 242 valence electrons.